The monoisotopic (exact) mass is 435 g/mol. The van der Waals surface area contributed by atoms with Gasteiger partial charge in [-0.1, -0.05) is 6.07 Å². The summed E-state index contributed by atoms with van der Waals surface area (Å²) < 4.78 is 98.5. The zero-order chi connectivity index (χ0) is 22.1. The van der Waals surface area contributed by atoms with Gasteiger partial charge >= 0.3 is 12.4 Å². The molecular formula is C20H16F7NO2. The average molecular weight is 435 g/mol. The van der Waals surface area contributed by atoms with E-state index in [0.29, 0.717) is 31.6 Å². The van der Waals surface area contributed by atoms with Crippen LogP contribution < -0.4 is 0 Å². The fourth-order valence-corrected chi connectivity index (χ4v) is 3.45. The van der Waals surface area contributed by atoms with Gasteiger partial charge in [-0.2, -0.15) is 26.3 Å². The van der Waals surface area contributed by atoms with Crippen molar-refractivity contribution in [3.63, 3.8) is 0 Å². The molecule has 0 unspecified atom stereocenters. The van der Waals surface area contributed by atoms with Crippen molar-refractivity contribution < 1.29 is 40.3 Å². The second-order valence-electron chi connectivity index (χ2n) is 6.90. The van der Waals surface area contributed by atoms with E-state index in [2.05, 4.69) is 4.98 Å². The lowest BCUT2D eigenvalue weighted by Gasteiger charge is -2.22. The summed E-state index contributed by atoms with van der Waals surface area (Å²) in [6.45, 7) is 0.327. The predicted octanol–water partition coefficient (Wildman–Crippen LogP) is 5.53. The van der Waals surface area contributed by atoms with Crippen molar-refractivity contribution in [1.29, 1.82) is 0 Å². The Labute approximate surface area is 166 Å². The number of hydrogen-bond acceptors (Lipinski definition) is 3. The number of benzene rings is 1. The number of pyridine rings is 1. The molecule has 2 heterocycles. The number of carbonyl (C=O) groups excluding carboxylic acids is 1. The van der Waals surface area contributed by atoms with Crippen molar-refractivity contribution >= 4 is 5.78 Å². The number of nitrogens with zero attached hydrogens (tertiary/aromatic N) is 1. The van der Waals surface area contributed by atoms with Crippen LogP contribution in [0.5, 0.6) is 0 Å². The van der Waals surface area contributed by atoms with E-state index in [1.807, 2.05) is 0 Å². The first-order chi connectivity index (χ1) is 14.0. The summed E-state index contributed by atoms with van der Waals surface area (Å²) in [6, 6.07) is 3.63. The Morgan fingerprint density at radius 1 is 1.10 bits per heavy atom. The van der Waals surface area contributed by atoms with Crippen LogP contribution in [0, 0.1) is 5.82 Å². The second kappa shape index (κ2) is 8.33. The normalized spacial score (nSPS) is 18.4. The first-order valence-electron chi connectivity index (χ1n) is 9.01. The zero-order valence-corrected chi connectivity index (χ0v) is 15.4. The highest BCUT2D eigenvalue weighted by Gasteiger charge is 2.39. The first kappa shape index (κ1) is 22.2. The van der Waals surface area contributed by atoms with Crippen molar-refractivity contribution in [3.8, 4) is 0 Å². The van der Waals surface area contributed by atoms with Crippen LogP contribution >= 0.6 is 0 Å². The van der Waals surface area contributed by atoms with Crippen LogP contribution in [0.15, 0.2) is 36.5 Å². The van der Waals surface area contributed by atoms with E-state index in [4.69, 9.17) is 4.74 Å². The first-order valence-corrected chi connectivity index (χ1v) is 9.01. The molecule has 3 rings (SSSR count). The maximum absolute atomic E-state index is 14.1. The zero-order valence-electron chi connectivity index (χ0n) is 15.4. The molecule has 2 aromatic rings. The number of carbonyl (C=O) groups is 1. The molecule has 1 aliphatic rings. The van der Waals surface area contributed by atoms with Crippen molar-refractivity contribution in [2.24, 2.45) is 0 Å². The van der Waals surface area contributed by atoms with Crippen molar-refractivity contribution in [3.05, 3.63) is 64.7 Å². The van der Waals surface area contributed by atoms with Crippen LogP contribution in [0.2, 0.25) is 0 Å². The molecule has 0 amide bonds. The fraction of sp³-hybridized carbons (Fsp3) is 0.400. The predicted molar refractivity (Wildman–Crippen MR) is 91.1 cm³/mol. The molecule has 0 N–H and O–H groups in total. The average Bonchev–Trinajstić information content (AvgIpc) is 3.19. The topological polar surface area (TPSA) is 39.2 Å². The summed E-state index contributed by atoms with van der Waals surface area (Å²) in [7, 11) is 0. The van der Waals surface area contributed by atoms with Crippen molar-refractivity contribution in [2.45, 2.75) is 43.6 Å². The van der Waals surface area contributed by atoms with Gasteiger partial charge in [0.1, 0.15) is 11.9 Å². The van der Waals surface area contributed by atoms with Crippen LogP contribution in [0.25, 0.3) is 0 Å². The maximum atomic E-state index is 14.1. The lowest BCUT2D eigenvalue weighted by molar-refractivity contribution is -0.140. The van der Waals surface area contributed by atoms with Gasteiger partial charge in [0.15, 0.2) is 5.78 Å². The number of ketones is 1. The van der Waals surface area contributed by atoms with Crippen molar-refractivity contribution in [1.82, 2.24) is 4.98 Å². The van der Waals surface area contributed by atoms with Crippen LogP contribution in [0.1, 0.15) is 47.6 Å². The van der Waals surface area contributed by atoms with Gasteiger partial charge in [-0.25, -0.2) is 4.39 Å². The van der Waals surface area contributed by atoms with E-state index >= 15 is 0 Å². The number of aromatic nitrogens is 1. The molecule has 162 valence electrons. The van der Waals surface area contributed by atoms with Gasteiger partial charge in [0.2, 0.25) is 0 Å². The summed E-state index contributed by atoms with van der Waals surface area (Å²) in [5, 5.41) is 0. The van der Waals surface area contributed by atoms with Crippen LogP contribution in [-0.4, -0.2) is 23.5 Å². The molecule has 0 saturated carbocycles. The standard InChI is InChI=1S/C20H16F7NO2/c21-15-9-11(5-6-13(15)19(22,23)24)12(10-16(29)17-4-2-8-30-17)18-14(20(25,26)27)3-1-7-28-18/h1,3,5-7,9,12,17H,2,4,8,10H2/t12-,17-/m0/s1. The smallest absolute Gasteiger partial charge is 0.370 e. The van der Waals surface area contributed by atoms with E-state index in [1.54, 1.807) is 0 Å². The molecule has 0 bridgehead atoms. The van der Waals surface area contributed by atoms with Gasteiger partial charge in [0.05, 0.1) is 16.8 Å². The van der Waals surface area contributed by atoms with E-state index in [0.717, 1.165) is 24.4 Å². The molecule has 1 aromatic carbocycles. The molecule has 10 heteroatoms. The number of rotatable bonds is 5. The Balaban J connectivity index is 2.07. The van der Waals surface area contributed by atoms with Gasteiger partial charge in [0.25, 0.3) is 0 Å². The third kappa shape index (κ3) is 4.80. The third-order valence-electron chi connectivity index (χ3n) is 4.87. The molecule has 0 spiro atoms. The largest absolute Gasteiger partial charge is 0.419 e. The number of halogens is 7. The third-order valence-corrected chi connectivity index (χ3v) is 4.87. The molecule has 2 atom stereocenters. The van der Waals surface area contributed by atoms with E-state index in [-0.39, 0.29) is 5.56 Å². The van der Waals surface area contributed by atoms with Crippen molar-refractivity contribution in [2.75, 3.05) is 6.61 Å². The Kier molecular flexibility index (Phi) is 6.16. The number of ether oxygens (including phenoxy) is 1. The SMILES string of the molecule is O=C(C[C@@H](c1ccc(C(F)(F)F)c(F)c1)c1ncccc1C(F)(F)F)[C@@H]1CCCO1. The Morgan fingerprint density at radius 2 is 1.80 bits per heavy atom. The molecule has 1 saturated heterocycles. The molecular weight excluding hydrogens is 419 g/mol. The highest BCUT2D eigenvalue weighted by molar-refractivity contribution is 5.84. The minimum absolute atomic E-state index is 0.212. The van der Waals surface area contributed by atoms with Gasteiger partial charge in [-0.05, 0) is 42.7 Å². The van der Waals surface area contributed by atoms with Crippen LogP contribution in [0.3, 0.4) is 0 Å². The highest BCUT2D eigenvalue weighted by Crippen LogP contribution is 2.40. The quantitative estimate of drug-likeness (QED) is 0.580. The molecule has 1 aliphatic heterocycles. The van der Waals surface area contributed by atoms with Gasteiger partial charge in [0, 0.05) is 25.1 Å². The van der Waals surface area contributed by atoms with Crippen LogP contribution in [-0.2, 0) is 21.9 Å². The van der Waals surface area contributed by atoms with E-state index < -0.39 is 59.2 Å². The van der Waals surface area contributed by atoms with E-state index in [9.17, 15) is 35.5 Å². The maximum Gasteiger partial charge on any atom is 0.419 e. The highest BCUT2D eigenvalue weighted by atomic mass is 19.4. The molecule has 0 aliphatic carbocycles. The van der Waals surface area contributed by atoms with Gasteiger partial charge in [-0.3, -0.25) is 9.78 Å². The molecule has 1 aromatic heterocycles. The number of alkyl halides is 6. The minimum atomic E-state index is -4.96. The van der Waals surface area contributed by atoms with E-state index in [1.165, 1.54) is 0 Å². The van der Waals surface area contributed by atoms with Gasteiger partial charge in [-0.15, -0.1) is 0 Å². The second-order valence-corrected chi connectivity index (χ2v) is 6.90. The Morgan fingerprint density at radius 3 is 2.37 bits per heavy atom. The Hall–Kier alpha value is -2.49. The summed E-state index contributed by atoms with van der Waals surface area (Å²) in [6.07, 6.45) is -9.05. The lowest BCUT2D eigenvalue weighted by atomic mass is 9.86. The molecule has 30 heavy (non-hydrogen) atoms. The fourth-order valence-electron chi connectivity index (χ4n) is 3.45. The summed E-state index contributed by atoms with van der Waals surface area (Å²) >= 11 is 0. The Bertz CT molecular complexity index is 918. The lowest BCUT2D eigenvalue weighted by Crippen LogP contribution is -2.24. The van der Waals surface area contributed by atoms with Gasteiger partial charge < -0.3 is 4.74 Å². The molecule has 1 fully saturated rings. The number of Topliss-reactive ketones (excluding diaryl/α,β-unsaturated/α-hetero) is 1. The minimum Gasteiger partial charge on any atom is -0.370 e. The molecule has 3 nitrogen and oxygen atoms in total. The molecule has 0 radical (unpaired) electrons. The summed E-state index contributed by atoms with van der Waals surface area (Å²) in [4.78, 5) is 16.3. The van der Waals surface area contributed by atoms with Crippen LogP contribution in [0.4, 0.5) is 30.7 Å². The number of hydrogen-bond donors (Lipinski definition) is 0. The summed E-state index contributed by atoms with van der Waals surface area (Å²) in [5.74, 6) is -3.55. The summed E-state index contributed by atoms with van der Waals surface area (Å²) in [5.41, 5.74) is -3.46.